The number of anilines is 1. The highest BCUT2D eigenvalue weighted by atomic mass is 16.6. The van der Waals surface area contributed by atoms with E-state index in [9.17, 15) is 14.9 Å². The average molecular weight is 293 g/mol. The fraction of sp³-hybridized carbons (Fsp3) is 0.500. The molecule has 1 amide bonds. The third-order valence-corrected chi connectivity index (χ3v) is 3.94. The number of nitro groups is 1. The lowest BCUT2D eigenvalue weighted by molar-refractivity contribution is -0.383. The van der Waals surface area contributed by atoms with Crippen molar-refractivity contribution >= 4 is 17.3 Å². The maximum absolute atomic E-state index is 12.1. The number of ether oxygens (including phenoxy) is 1. The molecular formula is C14H19N3O4. The molecule has 7 nitrogen and oxygen atoms in total. The SMILES string of the molecule is COCCC1(CNC(=O)c2cccc([N+](=O)[O-])c2N)CC1. The van der Waals surface area contributed by atoms with Gasteiger partial charge in [-0.1, -0.05) is 6.07 Å². The first-order chi connectivity index (χ1) is 9.99. The van der Waals surface area contributed by atoms with Crippen LogP contribution in [-0.2, 0) is 4.74 Å². The molecule has 7 heteroatoms. The Kier molecular flexibility index (Phi) is 4.42. The van der Waals surface area contributed by atoms with Crippen molar-refractivity contribution in [3.63, 3.8) is 0 Å². The molecule has 0 radical (unpaired) electrons. The molecule has 1 aliphatic carbocycles. The van der Waals surface area contributed by atoms with E-state index in [0.29, 0.717) is 13.2 Å². The molecule has 0 bridgehead atoms. The maximum atomic E-state index is 12.1. The highest BCUT2D eigenvalue weighted by Crippen LogP contribution is 2.48. The molecule has 0 aromatic heterocycles. The largest absolute Gasteiger partial charge is 0.393 e. The maximum Gasteiger partial charge on any atom is 0.292 e. The molecule has 0 saturated heterocycles. The van der Waals surface area contributed by atoms with Crippen LogP contribution in [0.25, 0.3) is 0 Å². The van der Waals surface area contributed by atoms with Gasteiger partial charge in [0.05, 0.1) is 10.5 Å². The summed E-state index contributed by atoms with van der Waals surface area (Å²) in [4.78, 5) is 22.4. The second-order valence-corrected chi connectivity index (χ2v) is 5.42. The number of nitrogens with two attached hydrogens (primary N) is 1. The molecule has 0 heterocycles. The van der Waals surface area contributed by atoms with E-state index in [2.05, 4.69) is 5.32 Å². The van der Waals surface area contributed by atoms with E-state index >= 15 is 0 Å². The first-order valence-corrected chi connectivity index (χ1v) is 6.79. The number of hydrogen-bond donors (Lipinski definition) is 2. The van der Waals surface area contributed by atoms with Gasteiger partial charge >= 0.3 is 0 Å². The lowest BCUT2D eigenvalue weighted by Gasteiger charge is -2.16. The quantitative estimate of drug-likeness (QED) is 0.452. The standard InChI is InChI=1S/C14H19N3O4/c1-21-8-7-14(5-6-14)9-16-13(18)10-3-2-4-11(12(10)15)17(19)20/h2-4H,5-9,15H2,1H3,(H,16,18). The smallest absolute Gasteiger partial charge is 0.292 e. The van der Waals surface area contributed by atoms with E-state index < -0.39 is 4.92 Å². The predicted molar refractivity (Wildman–Crippen MR) is 78.0 cm³/mol. The van der Waals surface area contributed by atoms with E-state index in [1.807, 2.05) is 0 Å². The summed E-state index contributed by atoms with van der Waals surface area (Å²) in [7, 11) is 1.65. The van der Waals surface area contributed by atoms with Crippen molar-refractivity contribution in [2.45, 2.75) is 19.3 Å². The van der Waals surface area contributed by atoms with E-state index in [-0.39, 0.29) is 28.3 Å². The minimum atomic E-state index is -0.590. The van der Waals surface area contributed by atoms with E-state index in [1.165, 1.54) is 18.2 Å². The number of nitrogen functional groups attached to an aromatic ring is 1. The summed E-state index contributed by atoms with van der Waals surface area (Å²) in [6, 6.07) is 4.24. The summed E-state index contributed by atoms with van der Waals surface area (Å²) in [6.45, 7) is 1.20. The Morgan fingerprint density at radius 2 is 2.24 bits per heavy atom. The van der Waals surface area contributed by atoms with Crippen LogP contribution >= 0.6 is 0 Å². The molecular weight excluding hydrogens is 274 g/mol. The fourth-order valence-electron chi connectivity index (χ4n) is 2.28. The highest BCUT2D eigenvalue weighted by molar-refractivity contribution is 6.01. The molecule has 2 rings (SSSR count). The van der Waals surface area contributed by atoms with Crippen LogP contribution < -0.4 is 11.1 Å². The minimum absolute atomic E-state index is 0.0956. The van der Waals surface area contributed by atoms with Crippen LogP contribution in [0, 0.1) is 15.5 Å². The van der Waals surface area contributed by atoms with Crippen LogP contribution in [0.5, 0.6) is 0 Å². The normalized spacial score (nSPS) is 15.5. The van der Waals surface area contributed by atoms with E-state index in [1.54, 1.807) is 7.11 Å². The number of carbonyl (C=O) groups excluding carboxylic acids is 1. The van der Waals surface area contributed by atoms with E-state index in [4.69, 9.17) is 10.5 Å². The topological polar surface area (TPSA) is 107 Å². The molecule has 0 aliphatic heterocycles. The molecule has 1 aromatic rings. The summed E-state index contributed by atoms with van der Waals surface area (Å²) in [5, 5.41) is 13.6. The number of rotatable bonds is 7. The Hall–Kier alpha value is -2.15. The van der Waals surface area contributed by atoms with Crippen molar-refractivity contribution in [1.29, 1.82) is 0 Å². The van der Waals surface area contributed by atoms with Gasteiger partial charge in [0.25, 0.3) is 11.6 Å². The summed E-state index contributed by atoms with van der Waals surface area (Å²) < 4.78 is 5.06. The molecule has 1 saturated carbocycles. The summed E-state index contributed by atoms with van der Waals surface area (Å²) in [6.07, 6.45) is 3.01. The van der Waals surface area contributed by atoms with Crippen molar-refractivity contribution in [1.82, 2.24) is 5.32 Å². The van der Waals surface area contributed by atoms with Gasteiger partial charge in [0.15, 0.2) is 0 Å². The zero-order valence-corrected chi connectivity index (χ0v) is 11.9. The first-order valence-electron chi connectivity index (χ1n) is 6.79. The Morgan fingerprint density at radius 3 is 2.81 bits per heavy atom. The highest BCUT2D eigenvalue weighted by Gasteiger charge is 2.42. The molecule has 114 valence electrons. The number of para-hydroxylation sites is 1. The van der Waals surface area contributed by atoms with Gasteiger partial charge in [0.2, 0.25) is 0 Å². The second kappa shape index (κ2) is 6.09. The van der Waals surface area contributed by atoms with Crippen molar-refractivity contribution in [3.8, 4) is 0 Å². The predicted octanol–water partition coefficient (Wildman–Crippen LogP) is 1.72. The molecule has 0 unspecified atom stereocenters. The van der Waals surface area contributed by atoms with Crippen molar-refractivity contribution in [2.75, 3.05) is 26.0 Å². The van der Waals surface area contributed by atoms with Crippen LogP contribution in [-0.4, -0.2) is 31.1 Å². The average Bonchev–Trinajstić information content (AvgIpc) is 3.23. The number of amides is 1. The Labute approximate surface area is 122 Å². The monoisotopic (exact) mass is 293 g/mol. The van der Waals surface area contributed by atoms with Crippen LogP contribution in [0.4, 0.5) is 11.4 Å². The van der Waals surface area contributed by atoms with Gasteiger partial charge in [0.1, 0.15) is 5.69 Å². The molecule has 1 fully saturated rings. The number of nitrogens with zero attached hydrogens (tertiary/aromatic N) is 1. The van der Waals surface area contributed by atoms with Gasteiger partial charge in [0, 0.05) is 26.3 Å². The Bertz CT molecular complexity index is 555. The lowest BCUT2D eigenvalue weighted by atomic mass is 10.0. The molecule has 0 atom stereocenters. The van der Waals surface area contributed by atoms with Crippen molar-refractivity contribution in [2.24, 2.45) is 5.41 Å². The molecule has 3 N–H and O–H groups in total. The molecule has 0 spiro atoms. The zero-order chi connectivity index (χ0) is 15.5. The van der Waals surface area contributed by atoms with Crippen molar-refractivity contribution < 1.29 is 14.5 Å². The fourth-order valence-corrected chi connectivity index (χ4v) is 2.28. The van der Waals surface area contributed by atoms with Crippen LogP contribution in [0.1, 0.15) is 29.6 Å². The molecule has 21 heavy (non-hydrogen) atoms. The summed E-state index contributed by atoms with van der Waals surface area (Å²) in [5.41, 5.74) is 5.61. The van der Waals surface area contributed by atoms with Crippen LogP contribution in [0.3, 0.4) is 0 Å². The first kappa shape index (κ1) is 15.2. The third-order valence-electron chi connectivity index (χ3n) is 3.94. The molecule has 1 aliphatic rings. The number of methoxy groups -OCH3 is 1. The van der Waals surface area contributed by atoms with Gasteiger partial charge in [-0.25, -0.2) is 0 Å². The van der Waals surface area contributed by atoms with Gasteiger partial charge < -0.3 is 15.8 Å². The van der Waals surface area contributed by atoms with Gasteiger partial charge in [-0.3, -0.25) is 14.9 Å². The number of nitrogens with one attached hydrogen (secondary N) is 1. The second-order valence-electron chi connectivity index (χ2n) is 5.42. The molecule has 1 aromatic carbocycles. The van der Waals surface area contributed by atoms with Gasteiger partial charge in [-0.15, -0.1) is 0 Å². The zero-order valence-electron chi connectivity index (χ0n) is 11.9. The van der Waals surface area contributed by atoms with Crippen LogP contribution in [0.2, 0.25) is 0 Å². The lowest BCUT2D eigenvalue weighted by Crippen LogP contribution is -2.31. The minimum Gasteiger partial charge on any atom is -0.393 e. The Balaban J connectivity index is 2.01. The van der Waals surface area contributed by atoms with E-state index in [0.717, 1.165) is 19.3 Å². The third kappa shape index (κ3) is 3.49. The summed E-state index contributed by atoms with van der Waals surface area (Å²) in [5.74, 6) is -0.375. The Morgan fingerprint density at radius 1 is 1.52 bits per heavy atom. The number of benzene rings is 1. The van der Waals surface area contributed by atoms with Crippen molar-refractivity contribution in [3.05, 3.63) is 33.9 Å². The number of carbonyl (C=O) groups is 1. The number of hydrogen-bond acceptors (Lipinski definition) is 5. The number of nitro benzene ring substituents is 1. The summed E-state index contributed by atoms with van der Waals surface area (Å²) >= 11 is 0. The van der Waals surface area contributed by atoms with Crippen LogP contribution in [0.15, 0.2) is 18.2 Å². The van der Waals surface area contributed by atoms with Gasteiger partial charge in [-0.2, -0.15) is 0 Å². The van der Waals surface area contributed by atoms with Gasteiger partial charge in [-0.05, 0) is 30.7 Å².